The fourth-order valence-corrected chi connectivity index (χ4v) is 1.95. The van der Waals surface area contributed by atoms with Crippen molar-refractivity contribution in [3.8, 4) is 0 Å². The minimum atomic E-state index is -0.153. The van der Waals surface area contributed by atoms with Crippen LogP contribution in [-0.4, -0.2) is 29.1 Å². The summed E-state index contributed by atoms with van der Waals surface area (Å²) in [5.41, 5.74) is -0.153. The Balaban J connectivity index is 2.22. The van der Waals surface area contributed by atoms with Crippen LogP contribution >= 0.6 is 11.8 Å². The van der Waals surface area contributed by atoms with E-state index in [0.29, 0.717) is 4.75 Å². The van der Waals surface area contributed by atoms with E-state index in [9.17, 15) is 4.79 Å². The van der Waals surface area contributed by atoms with E-state index in [4.69, 9.17) is 0 Å². The van der Waals surface area contributed by atoms with Crippen molar-refractivity contribution in [2.24, 2.45) is 0 Å². The maximum absolute atomic E-state index is 11.4. The van der Waals surface area contributed by atoms with Gasteiger partial charge in [0.05, 0.1) is 0 Å². The second-order valence-electron chi connectivity index (χ2n) is 4.94. The zero-order valence-electron chi connectivity index (χ0n) is 9.44. The van der Waals surface area contributed by atoms with Crippen LogP contribution in [0.5, 0.6) is 0 Å². The van der Waals surface area contributed by atoms with Gasteiger partial charge in [-0.1, -0.05) is 0 Å². The molecule has 0 saturated heterocycles. The first-order valence-corrected chi connectivity index (χ1v) is 6.21. The summed E-state index contributed by atoms with van der Waals surface area (Å²) in [6.07, 6.45) is 4.56. The molecule has 0 spiro atoms. The maximum Gasteiger partial charge on any atom is 0.315 e. The van der Waals surface area contributed by atoms with E-state index in [1.807, 2.05) is 32.5 Å². The molecular weight excluding hydrogens is 196 g/mol. The summed E-state index contributed by atoms with van der Waals surface area (Å²) in [7, 11) is 0. The molecule has 0 bridgehead atoms. The molecule has 1 fully saturated rings. The van der Waals surface area contributed by atoms with Gasteiger partial charge in [0.1, 0.15) is 0 Å². The average molecular weight is 216 g/mol. The zero-order valence-corrected chi connectivity index (χ0v) is 10.3. The summed E-state index contributed by atoms with van der Waals surface area (Å²) < 4.78 is 0.342. The fraction of sp³-hybridized carbons (Fsp3) is 0.900. The molecule has 0 heterocycles. The van der Waals surface area contributed by atoms with Crippen LogP contribution in [0.4, 0.5) is 4.79 Å². The lowest BCUT2D eigenvalue weighted by molar-refractivity contribution is 0.232. The van der Waals surface area contributed by atoms with E-state index in [-0.39, 0.29) is 11.6 Å². The van der Waals surface area contributed by atoms with E-state index < -0.39 is 0 Å². The van der Waals surface area contributed by atoms with Crippen LogP contribution in [0.3, 0.4) is 0 Å². The summed E-state index contributed by atoms with van der Waals surface area (Å²) in [6.45, 7) is 6.73. The van der Waals surface area contributed by atoms with Gasteiger partial charge in [0, 0.05) is 16.8 Å². The molecule has 1 aliphatic rings. The summed E-state index contributed by atoms with van der Waals surface area (Å²) in [5.74, 6) is 0. The van der Waals surface area contributed by atoms with Gasteiger partial charge in [-0.05, 0) is 39.9 Å². The van der Waals surface area contributed by atoms with Crippen LogP contribution in [0.25, 0.3) is 0 Å². The van der Waals surface area contributed by atoms with Gasteiger partial charge in [0.2, 0.25) is 0 Å². The third kappa shape index (κ3) is 3.78. The zero-order chi connectivity index (χ0) is 10.8. The van der Waals surface area contributed by atoms with Crippen LogP contribution in [0, 0.1) is 0 Å². The van der Waals surface area contributed by atoms with Gasteiger partial charge in [-0.2, -0.15) is 11.8 Å². The molecule has 1 rings (SSSR count). The van der Waals surface area contributed by atoms with Gasteiger partial charge in [-0.25, -0.2) is 4.79 Å². The largest absolute Gasteiger partial charge is 0.337 e. The van der Waals surface area contributed by atoms with Crippen molar-refractivity contribution in [3.05, 3.63) is 0 Å². The first-order chi connectivity index (χ1) is 6.37. The van der Waals surface area contributed by atoms with Crippen molar-refractivity contribution in [2.45, 2.75) is 43.9 Å². The summed E-state index contributed by atoms with van der Waals surface area (Å²) in [5, 5.41) is 5.81. The van der Waals surface area contributed by atoms with Crippen LogP contribution in [0.2, 0.25) is 0 Å². The SMILES string of the molecule is CSC1(CNC(=O)NC(C)(C)C)CC1. The average Bonchev–Trinajstić information content (AvgIpc) is 2.78. The Hall–Kier alpha value is -0.380. The molecule has 0 unspecified atom stereocenters. The van der Waals surface area contributed by atoms with Crippen LogP contribution in [-0.2, 0) is 0 Å². The maximum atomic E-state index is 11.4. The van der Waals surface area contributed by atoms with Gasteiger partial charge < -0.3 is 10.6 Å². The number of urea groups is 1. The lowest BCUT2D eigenvalue weighted by atomic mass is 10.1. The van der Waals surface area contributed by atoms with Crippen molar-refractivity contribution >= 4 is 17.8 Å². The van der Waals surface area contributed by atoms with Crippen molar-refractivity contribution in [2.75, 3.05) is 12.8 Å². The molecular formula is C10H20N2OS. The van der Waals surface area contributed by atoms with E-state index in [1.165, 1.54) is 12.8 Å². The minimum Gasteiger partial charge on any atom is -0.337 e. The quantitative estimate of drug-likeness (QED) is 0.757. The highest BCUT2D eigenvalue weighted by Crippen LogP contribution is 2.46. The van der Waals surface area contributed by atoms with Crippen LogP contribution < -0.4 is 10.6 Å². The minimum absolute atomic E-state index is 0.0576. The number of hydrogen-bond donors (Lipinski definition) is 2. The molecule has 2 N–H and O–H groups in total. The molecule has 4 heteroatoms. The Morgan fingerprint density at radius 3 is 2.36 bits per heavy atom. The monoisotopic (exact) mass is 216 g/mol. The Bertz CT molecular complexity index is 219. The molecule has 0 aromatic heterocycles. The Labute approximate surface area is 90.4 Å². The Morgan fingerprint density at radius 1 is 1.43 bits per heavy atom. The van der Waals surface area contributed by atoms with E-state index >= 15 is 0 Å². The molecule has 3 nitrogen and oxygen atoms in total. The molecule has 0 atom stereocenters. The molecule has 0 radical (unpaired) electrons. The highest BCUT2D eigenvalue weighted by Gasteiger charge is 2.42. The van der Waals surface area contributed by atoms with Crippen LogP contribution in [0.15, 0.2) is 0 Å². The smallest absolute Gasteiger partial charge is 0.315 e. The van der Waals surface area contributed by atoms with Crippen molar-refractivity contribution in [1.29, 1.82) is 0 Å². The summed E-state index contributed by atoms with van der Waals surface area (Å²) >= 11 is 1.86. The number of carbonyl (C=O) groups excluding carboxylic acids is 1. The Kier molecular flexibility index (Phi) is 3.35. The van der Waals surface area contributed by atoms with Gasteiger partial charge in [0.15, 0.2) is 0 Å². The summed E-state index contributed by atoms with van der Waals surface area (Å²) in [4.78, 5) is 11.4. The predicted octanol–water partition coefficient (Wildman–Crippen LogP) is 1.98. The predicted molar refractivity (Wildman–Crippen MR) is 61.8 cm³/mol. The van der Waals surface area contributed by atoms with Crippen LogP contribution in [0.1, 0.15) is 33.6 Å². The highest BCUT2D eigenvalue weighted by molar-refractivity contribution is 8.00. The number of amides is 2. The molecule has 0 aliphatic heterocycles. The number of rotatable bonds is 3. The third-order valence-electron chi connectivity index (χ3n) is 2.30. The van der Waals surface area contributed by atoms with Gasteiger partial charge in [0.25, 0.3) is 0 Å². The molecule has 1 saturated carbocycles. The molecule has 82 valence electrons. The molecule has 14 heavy (non-hydrogen) atoms. The van der Waals surface area contributed by atoms with E-state index in [2.05, 4.69) is 16.9 Å². The topological polar surface area (TPSA) is 41.1 Å². The van der Waals surface area contributed by atoms with Gasteiger partial charge in [-0.15, -0.1) is 0 Å². The normalized spacial score (nSPS) is 18.9. The third-order valence-corrected chi connectivity index (χ3v) is 3.72. The molecule has 2 amide bonds. The molecule has 0 aromatic carbocycles. The second kappa shape index (κ2) is 4.01. The number of nitrogens with one attached hydrogen (secondary N) is 2. The standard InChI is InChI=1S/C10H20N2OS/c1-9(2,3)12-8(13)11-7-10(14-4)5-6-10/h5-7H2,1-4H3,(H2,11,12,13). The highest BCUT2D eigenvalue weighted by atomic mass is 32.2. The lowest BCUT2D eigenvalue weighted by Gasteiger charge is -2.22. The van der Waals surface area contributed by atoms with E-state index in [0.717, 1.165) is 6.54 Å². The first-order valence-electron chi connectivity index (χ1n) is 4.98. The van der Waals surface area contributed by atoms with Gasteiger partial charge in [-0.3, -0.25) is 0 Å². The molecule has 1 aliphatic carbocycles. The number of carbonyl (C=O) groups is 1. The van der Waals surface area contributed by atoms with Gasteiger partial charge >= 0.3 is 6.03 Å². The van der Waals surface area contributed by atoms with Crippen molar-refractivity contribution in [1.82, 2.24) is 10.6 Å². The van der Waals surface area contributed by atoms with E-state index in [1.54, 1.807) is 0 Å². The number of thioether (sulfide) groups is 1. The first kappa shape index (κ1) is 11.7. The number of hydrogen-bond acceptors (Lipinski definition) is 2. The van der Waals surface area contributed by atoms with Crippen molar-refractivity contribution in [3.63, 3.8) is 0 Å². The second-order valence-corrected chi connectivity index (χ2v) is 6.22. The molecule has 0 aromatic rings. The summed E-state index contributed by atoms with van der Waals surface area (Å²) in [6, 6.07) is -0.0576. The fourth-order valence-electron chi connectivity index (χ4n) is 1.22. The lowest BCUT2D eigenvalue weighted by Crippen LogP contribution is -2.48. The Morgan fingerprint density at radius 2 is 2.00 bits per heavy atom. The van der Waals surface area contributed by atoms with Crippen molar-refractivity contribution < 1.29 is 4.79 Å².